The van der Waals surface area contributed by atoms with E-state index in [2.05, 4.69) is 15.3 Å². The molecule has 1 N–H and O–H groups in total. The van der Waals surface area contributed by atoms with Crippen molar-refractivity contribution in [3.05, 3.63) is 41.0 Å². The van der Waals surface area contributed by atoms with Gasteiger partial charge in [0.2, 0.25) is 11.8 Å². The number of ether oxygens (including phenoxy) is 1. The molecule has 1 heterocycles. The normalized spacial score (nSPS) is 12.1. The zero-order chi connectivity index (χ0) is 17.3. The lowest BCUT2D eigenvalue weighted by molar-refractivity contribution is -0.140. The summed E-state index contributed by atoms with van der Waals surface area (Å²) in [5.41, 5.74) is -1.25. The first-order valence-electron chi connectivity index (χ1n) is 6.70. The fraction of sp³-hybridized carbons (Fsp3) is 0.333. The molecule has 2 rings (SSSR count). The van der Waals surface area contributed by atoms with Crippen LogP contribution in [0.3, 0.4) is 0 Å². The Morgan fingerprint density at radius 1 is 1.09 bits per heavy atom. The first kappa shape index (κ1) is 17.3. The minimum Gasteiger partial charge on any atom is -0.471 e. The van der Waals surface area contributed by atoms with Gasteiger partial charge in [0.25, 0.3) is 0 Å². The van der Waals surface area contributed by atoms with Crippen LogP contribution >= 0.6 is 11.6 Å². The number of hydrogen-bond donors (Lipinski definition) is 1. The van der Waals surface area contributed by atoms with Gasteiger partial charge in [0.05, 0.1) is 0 Å². The van der Waals surface area contributed by atoms with Crippen LogP contribution in [0.1, 0.15) is 26.3 Å². The van der Waals surface area contributed by atoms with Crippen LogP contribution in [-0.2, 0) is 6.18 Å². The lowest BCUT2D eigenvalue weighted by Crippen LogP contribution is -2.26. The lowest BCUT2D eigenvalue weighted by atomic mass is 10.2. The van der Waals surface area contributed by atoms with Crippen molar-refractivity contribution in [2.24, 2.45) is 0 Å². The fourth-order valence-electron chi connectivity index (χ4n) is 1.65. The molecule has 124 valence electrons. The molecule has 8 heteroatoms. The maximum Gasteiger partial charge on any atom is 0.423 e. The molecule has 23 heavy (non-hydrogen) atoms. The zero-order valence-electron chi connectivity index (χ0n) is 12.7. The molecule has 0 bridgehead atoms. The minimum atomic E-state index is -4.60. The minimum absolute atomic E-state index is 0.000396. The number of rotatable bonds is 3. The molecule has 0 amide bonds. The molecule has 0 spiro atoms. The van der Waals surface area contributed by atoms with Gasteiger partial charge < -0.3 is 10.1 Å². The number of alkyl halides is 3. The Morgan fingerprint density at radius 3 is 2.22 bits per heavy atom. The highest BCUT2D eigenvalue weighted by atomic mass is 35.5. The van der Waals surface area contributed by atoms with Crippen molar-refractivity contribution in [2.45, 2.75) is 32.5 Å². The number of halogens is 4. The average molecular weight is 346 g/mol. The molecule has 1 aromatic heterocycles. The van der Waals surface area contributed by atoms with Gasteiger partial charge >= 0.3 is 6.18 Å². The standard InChI is InChI=1S/C15H15ClF3N3O/c1-14(2,3)23-12-11(15(17,18)19)8-20-13(22-12)21-10-6-4-9(16)5-7-10/h4-8H,1-3H3,(H,20,21,22). The Bertz CT molecular complexity index is 682. The molecule has 0 fully saturated rings. The highest BCUT2D eigenvalue weighted by Crippen LogP contribution is 2.36. The third-order valence-corrected chi connectivity index (χ3v) is 2.81. The molecule has 1 aromatic carbocycles. The van der Waals surface area contributed by atoms with Crippen LogP contribution in [0.2, 0.25) is 5.02 Å². The van der Waals surface area contributed by atoms with E-state index in [9.17, 15) is 13.2 Å². The Hall–Kier alpha value is -2.02. The maximum absolute atomic E-state index is 13.0. The van der Waals surface area contributed by atoms with Crippen molar-refractivity contribution >= 4 is 23.2 Å². The predicted molar refractivity (Wildman–Crippen MR) is 82.1 cm³/mol. The monoisotopic (exact) mass is 345 g/mol. The van der Waals surface area contributed by atoms with Gasteiger partial charge in [-0.1, -0.05) is 11.6 Å². The van der Waals surface area contributed by atoms with E-state index < -0.39 is 23.2 Å². The Labute approximate surface area is 136 Å². The van der Waals surface area contributed by atoms with Gasteiger partial charge in [-0.2, -0.15) is 18.2 Å². The van der Waals surface area contributed by atoms with E-state index in [1.165, 1.54) is 0 Å². The third kappa shape index (κ3) is 4.99. The number of benzene rings is 1. The van der Waals surface area contributed by atoms with Gasteiger partial charge in [-0.3, -0.25) is 0 Å². The summed E-state index contributed by atoms with van der Waals surface area (Å²) in [6.07, 6.45) is -3.90. The van der Waals surface area contributed by atoms with Crippen LogP contribution in [0.15, 0.2) is 30.5 Å². The Balaban J connectivity index is 2.35. The Kier molecular flexibility index (Phi) is 4.70. The third-order valence-electron chi connectivity index (χ3n) is 2.56. The van der Waals surface area contributed by atoms with E-state index in [1.807, 2.05) is 0 Å². The molecule has 0 aliphatic carbocycles. The van der Waals surface area contributed by atoms with E-state index in [-0.39, 0.29) is 5.95 Å². The van der Waals surface area contributed by atoms with Gasteiger partial charge in [-0.15, -0.1) is 0 Å². The average Bonchev–Trinajstić information content (AvgIpc) is 2.38. The van der Waals surface area contributed by atoms with Crippen molar-refractivity contribution in [1.29, 1.82) is 0 Å². The van der Waals surface area contributed by atoms with Gasteiger partial charge in [0.1, 0.15) is 11.2 Å². The molecule has 0 unspecified atom stereocenters. The van der Waals surface area contributed by atoms with Crippen molar-refractivity contribution < 1.29 is 17.9 Å². The maximum atomic E-state index is 13.0. The SMILES string of the molecule is CC(C)(C)Oc1nc(Nc2ccc(Cl)cc2)ncc1C(F)(F)F. The Morgan fingerprint density at radius 2 is 1.70 bits per heavy atom. The highest BCUT2D eigenvalue weighted by Gasteiger charge is 2.37. The molecule has 0 aliphatic heterocycles. The number of nitrogens with zero attached hydrogens (tertiary/aromatic N) is 2. The first-order valence-corrected chi connectivity index (χ1v) is 7.08. The van der Waals surface area contributed by atoms with Gasteiger partial charge in [0, 0.05) is 16.9 Å². The summed E-state index contributed by atoms with van der Waals surface area (Å²) in [5, 5.41) is 3.35. The van der Waals surface area contributed by atoms with E-state index >= 15 is 0 Å². The molecular weight excluding hydrogens is 331 g/mol. The number of nitrogens with one attached hydrogen (secondary N) is 1. The lowest BCUT2D eigenvalue weighted by Gasteiger charge is -2.23. The summed E-state index contributed by atoms with van der Waals surface area (Å²) in [6, 6.07) is 6.60. The van der Waals surface area contributed by atoms with Crippen LogP contribution in [0.4, 0.5) is 24.8 Å². The molecular formula is C15H15ClF3N3O. The molecule has 0 radical (unpaired) electrons. The number of hydrogen-bond acceptors (Lipinski definition) is 4. The molecule has 0 saturated carbocycles. The smallest absolute Gasteiger partial charge is 0.423 e. The molecule has 0 saturated heterocycles. The summed E-state index contributed by atoms with van der Waals surface area (Å²) < 4.78 is 44.4. The van der Waals surface area contributed by atoms with Crippen molar-refractivity contribution in [3.8, 4) is 5.88 Å². The summed E-state index contributed by atoms with van der Waals surface area (Å²) in [7, 11) is 0. The predicted octanol–water partition coefficient (Wildman–Crippen LogP) is 5.07. The summed E-state index contributed by atoms with van der Waals surface area (Å²) in [5.74, 6) is -0.518. The second kappa shape index (κ2) is 6.23. The molecule has 4 nitrogen and oxygen atoms in total. The van der Waals surface area contributed by atoms with Crippen LogP contribution in [0, 0.1) is 0 Å². The van der Waals surface area contributed by atoms with E-state index in [0.717, 1.165) is 0 Å². The van der Waals surface area contributed by atoms with Crippen LogP contribution in [0.25, 0.3) is 0 Å². The molecule has 2 aromatic rings. The fourth-order valence-corrected chi connectivity index (χ4v) is 1.78. The van der Waals surface area contributed by atoms with Crippen molar-refractivity contribution in [1.82, 2.24) is 9.97 Å². The molecule has 0 aliphatic rings. The van der Waals surface area contributed by atoms with Crippen LogP contribution < -0.4 is 10.1 Å². The van der Waals surface area contributed by atoms with Gasteiger partial charge in [-0.25, -0.2) is 4.98 Å². The first-order chi connectivity index (χ1) is 10.5. The molecule has 0 atom stereocenters. The van der Waals surface area contributed by atoms with Gasteiger partial charge in [0.15, 0.2) is 0 Å². The second-order valence-electron chi connectivity index (χ2n) is 5.76. The van der Waals surface area contributed by atoms with Gasteiger partial charge in [-0.05, 0) is 45.0 Å². The summed E-state index contributed by atoms with van der Waals surface area (Å²) in [6.45, 7) is 4.92. The summed E-state index contributed by atoms with van der Waals surface area (Å²) in [4.78, 5) is 7.54. The van der Waals surface area contributed by atoms with Crippen molar-refractivity contribution in [3.63, 3.8) is 0 Å². The van der Waals surface area contributed by atoms with Crippen molar-refractivity contribution in [2.75, 3.05) is 5.32 Å². The number of anilines is 2. The highest BCUT2D eigenvalue weighted by molar-refractivity contribution is 6.30. The quantitative estimate of drug-likeness (QED) is 0.843. The second-order valence-corrected chi connectivity index (χ2v) is 6.19. The largest absolute Gasteiger partial charge is 0.471 e. The van der Waals surface area contributed by atoms with E-state index in [4.69, 9.17) is 16.3 Å². The van der Waals surface area contributed by atoms with E-state index in [1.54, 1.807) is 45.0 Å². The summed E-state index contributed by atoms with van der Waals surface area (Å²) >= 11 is 5.78. The van der Waals surface area contributed by atoms with Crippen LogP contribution in [0.5, 0.6) is 5.88 Å². The van der Waals surface area contributed by atoms with E-state index in [0.29, 0.717) is 16.9 Å². The number of aromatic nitrogens is 2. The topological polar surface area (TPSA) is 47.0 Å². The van der Waals surface area contributed by atoms with Crippen LogP contribution in [-0.4, -0.2) is 15.6 Å². The zero-order valence-corrected chi connectivity index (χ0v) is 13.5.